The van der Waals surface area contributed by atoms with Crippen LogP contribution in [-0.2, 0) is 11.2 Å². The second kappa shape index (κ2) is 10.3. The summed E-state index contributed by atoms with van der Waals surface area (Å²) < 4.78 is 7.72. The molecule has 0 aliphatic carbocycles. The lowest BCUT2D eigenvalue weighted by Crippen LogP contribution is -2.41. The summed E-state index contributed by atoms with van der Waals surface area (Å²) in [7, 11) is 0. The highest BCUT2D eigenvalue weighted by atomic mass is 16.5. The average Bonchev–Trinajstić information content (AvgIpc) is 3.31. The van der Waals surface area contributed by atoms with Crippen molar-refractivity contribution >= 4 is 22.8 Å². The van der Waals surface area contributed by atoms with Gasteiger partial charge in [-0.1, -0.05) is 43.3 Å². The summed E-state index contributed by atoms with van der Waals surface area (Å²) in [6.07, 6.45) is 7.88. The molecule has 0 radical (unpaired) electrons. The van der Waals surface area contributed by atoms with Gasteiger partial charge < -0.3 is 10.5 Å². The van der Waals surface area contributed by atoms with Gasteiger partial charge in [0.05, 0.1) is 5.39 Å². The van der Waals surface area contributed by atoms with E-state index in [4.69, 9.17) is 10.5 Å². The number of nitrogens with two attached hydrogens (primary N) is 1. The minimum Gasteiger partial charge on any atom is -0.457 e. The number of ether oxygens (including phenoxy) is 1. The van der Waals surface area contributed by atoms with Crippen molar-refractivity contribution in [2.24, 2.45) is 0 Å². The molecule has 2 N–H and O–H groups in total. The highest BCUT2D eigenvalue weighted by Gasteiger charge is 2.22. The van der Waals surface area contributed by atoms with E-state index in [9.17, 15) is 4.79 Å². The van der Waals surface area contributed by atoms with Crippen LogP contribution in [-0.4, -0.2) is 32.1 Å². The number of nitrogens with zero attached hydrogens (tertiary/aromatic N) is 5. The first-order chi connectivity index (χ1) is 17.6. The zero-order valence-electron chi connectivity index (χ0n) is 19.9. The van der Waals surface area contributed by atoms with Gasteiger partial charge in [-0.05, 0) is 47.9 Å². The first-order valence-electron chi connectivity index (χ1n) is 11.8. The predicted molar refractivity (Wildman–Crippen MR) is 140 cm³/mol. The van der Waals surface area contributed by atoms with Gasteiger partial charge in [0.2, 0.25) is 5.91 Å². The molecule has 3 heterocycles. The molecule has 0 aliphatic rings. The third kappa shape index (κ3) is 4.74. The monoisotopic (exact) mass is 478 g/mol. The summed E-state index contributed by atoms with van der Waals surface area (Å²) in [6, 6.07) is 21.3. The minimum atomic E-state index is -0.0221. The lowest BCUT2D eigenvalue weighted by molar-refractivity contribution is -0.119. The molecule has 5 rings (SSSR count). The van der Waals surface area contributed by atoms with Gasteiger partial charge in [0, 0.05) is 37.1 Å². The van der Waals surface area contributed by atoms with E-state index in [-0.39, 0.29) is 5.91 Å². The van der Waals surface area contributed by atoms with Crippen LogP contribution >= 0.6 is 0 Å². The van der Waals surface area contributed by atoms with Crippen LogP contribution in [0.2, 0.25) is 0 Å². The number of carbonyl (C=O) groups excluding carboxylic acids is 1. The molecule has 0 bridgehead atoms. The van der Waals surface area contributed by atoms with Crippen molar-refractivity contribution in [3.8, 4) is 22.6 Å². The molecule has 0 saturated carbocycles. The van der Waals surface area contributed by atoms with Crippen LogP contribution in [0.1, 0.15) is 18.9 Å². The number of carbonyl (C=O) groups is 1. The van der Waals surface area contributed by atoms with Crippen LogP contribution in [0.25, 0.3) is 22.2 Å². The Bertz CT molecular complexity index is 1470. The zero-order chi connectivity index (χ0) is 24.9. The highest BCUT2D eigenvalue weighted by Crippen LogP contribution is 2.34. The van der Waals surface area contributed by atoms with E-state index >= 15 is 0 Å². The maximum absolute atomic E-state index is 13.0. The fraction of sp³-hybridized carbons (Fsp3) is 0.143. The smallest absolute Gasteiger partial charge is 0.241 e. The summed E-state index contributed by atoms with van der Waals surface area (Å²) >= 11 is 0. The largest absolute Gasteiger partial charge is 0.457 e. The first-order valence-corrected chi connectivity index (χ1v) is 11.8. The van der Waals surface area contributed by atoms with E-state index in [1.807, 2.05) is 86.0 Å². The van der Waals surface area contributed by atoms with E-state index in [0.29, 0.717) is 36.2 Å². The van der Waals surface area contributed by atoms with Crippen molar-refractivity contribution in [2.75, 3.05) is 17.3 Å². The summed E-state index contributed by atoms with van der Waals surface area (Å²) in [4.78, 5) is 25.9. The van der Waals surface area contributed by atoms with E-state index in [0.717, 1.165) is 28.2 Å². The minimum absolute atomic E-state index is 0.0221. The highest BCUT2D eigenvalue weighted by molar-refractivity contribution is 6.02. The van der Waals surface area contributed by atoms with Crippen LogP contribution < -0.4 is 15.5 Å². The number of anilines is 1. The van der Waals surface area contributed by atoms with E-state index in [2.05, 4.69) is 15.0 Å². The van der Waals surface area contributed by atoms with Gasteiger partial charge in [-0.15, -0.1) is 0 Å². The maximum Gasteiger partial charge on any atom is 0.241 e. The number of aromatic nitrogens is 4. The van der Waals surface area contributed by atoms with Gasteiger partial charge in [0.1, 0.15) is 23.6 Å². The Morgan fingerprint density at radius 3 is 2.50 bits per heavy atom. The molecule has 8 heteroatoms. The molecule has 0 aliphatic heterocycles. The van der Waals surface area contributed by atoms with Crippen molar-refractivity contribution in [3.05, 3.63) is 97.2 Å². The van der Waals surface area contributed by atoms with Crippen LogP contribution in [0.5, 0.6) is 11.5 Å². The molecule has 5 aromatic rings. The standard InChI is InChI=1S/C28H26N6O2/c1-2-25(35)33(16-14-20-7-6-15-30-17-20)34-18-24(26-27(29)31-19-32-28(26)34)21-10-12-23(13-11-21)36-22-8-4-3-5-9-22/h3-13,15,17-19H,2,14,16H2,1H3,(H2,29,31,32). The van der Waals surface area contributed by atoms with Crippen molar-refractivity contribution in [1.29, 1.82) is 0 Å². The molecule has 3 aromatic heterocycles. The number of amides is 1. The molecule has 0 spiro atoms. The fourth-order valence-electron chi connectivity index (χ4n) is 4.12. The van der Waals surface area contributed by atoms with Crippen LogP contribution in [0.4, 0.5) is 5.82 Å². The number of benzene rings is 2. The third-order valence-electron chi connectivity index (χ3n) is 5.92. The van der Waals surface area contributed by atoms with Crippen LogP contribution in [0.3, 0.4) is 0 Å². The second-order valence-electron chi connectivity index (χ2n) is 8.27. The quantitative estimate of drug-likeness (QED) is 0.337. The molecule has 0 fully saturated rings. The fourth-order valence-corrected chi connectivity index (χ4v) is 4.12. The topological polar surface area (TPSA) is 99.2 Å². The summed E-state index contributed by atoms with van der Waals surface area (Å²) in [5.74, 6) is 1.82. The number of fused-ring (bicyclic) bond motifs is 1. The summed E-state index contributed by atoms with van der Waals surface area (Å²) in [5, 5.41) is 2.41. The molecular formula is C28H26N6O2. The Hall–Kier alpha value is -4.72. The number of pyridine rings is 1. The number of hydrogen-bond acceptors (Lipinski definition) is 6. The Morgan fingerprint density at radius 2 is 1.78 bits per heavy atom. The lowest BCUT2D eigenvalue weighted by Gasteiger charge is -2.24. The Kier molecular flexibility index (Phi) is 6.57. The van der Waals surface area contributed by atoms with Crippen molar-refractivity contribution < 1.29 is 9.53 Å². The summed E-state index contributed by atoms with van der Waals surface area (Å²) in [6.45, 7) is 2.32. The zero-order valence-corrected chi connectivity index (χ0v) is 19.9. The van der Waals surface area contributed by atoms with Gasteiger partial charge >= 0.3 is 0 Å². The SMILES string of the molecule is CCC(=O)N(CCc1cccnc1)n1cc(-c2ccc(Oc3ccccc3)cc2)c2c(N)ncnc21. The van der Waals surface area contributed by atoms with Crippen molar-refractivity contribution in [1.82, 2.24) is 19.6 Å². The average molecular weight is 479 g/mol. The van der Waals surface area contributed by atoms with Gasteiger partial charge in [-0.3, -0.25) is 9.78 Å². The van der Waals surface area contributed by atoms with Gasteiger partial charge in [-0.25, -0.2) is 19.7 Å². The molecule has 180 valence electrons. The van der Waals surface area contributed by atoms with E-state index in [1.165, 1.54) is 6.33 Å². The number of para-hydroxylation sites is 1. The molecule has 36 heavy (non-hydrogen) atoms. The van der Waals surface area contributed by atoms with Crippen molar-refractivity contribution in [3.63, 3.8) is 0 Å². The van der Waals surface area contributed by atoms with E-state index in [1.54, 1.807) is 15.9 Å². The molecule has 1 amide bonds. The molecule has 0 saturated heterocycles. The van der Waals surface area contributed by atoms with Gasteiger partial charge in [0.25, 0.3) is 0 Å². The molecule has 0 atom stereocenters. The number of rotatable bonds is 8. The first kappa shape index (κ1) is 23.0. The molecular weight excluding hydrogens is 452 g/mol. The number of nitrogen functional groups attached to an aromatic ring is 1. The Balaban J connectivity index is 1.51. The van der Waals surface area contributed by atoms with Crippen LogP contribution in [0, 0.1) is 0 Å². The van der Waals surface area contributed by atoms with E-state index < -0.39 is 0 Å². The molecule has 8 nitrogen and oxygen atoms in total. The van der Waals surface area contributed by atoms with Crippen molar-refractivity contribution in [2.45, 2.75) is 19.8 Å². The Labute approximate surface area is 209 Å². The molecule has 2 aromatic carbocycles. The maximum atomic E-state index is 13.0. The Morgan fingerprint density at radius 1 is 1.00 bits per heavy atom. The number of hydrogen-bond donors (Lipinski definition) is 1. The van der Waals surface area contributed by atoms with Gasteiger partial charge in [0.15, 0.2) is 5.65 Å². The van der Waals surface area contributed by atoms with Gasteiger partial charge in [-0.2, -0.15) is 0 Å². The summed E-state index contributed by atoms with van der Waals surface area (Å²) in [5.41, 5.74) is 9.69. The third-order valence-corrected chi connectivity index (χ3v) is 5.92. The lowest BCUT2D eigenvalue weighted by atomic mass is 10.1. The second-order valence-corrected chi connectivity index (χ2v) is 8.27. The van der Waals surface area contributed by atoms with Crippen LogP contribution in [0.15, 0.2) is 91.6 Å². The normalized spacial score (nSPS) is 10.9. The predicted octanol–water partition coefficient (Wildman–Crippen LogP) is 4.99. The molecule has 0 unspecified atom stereocenters.